The Kier molecular flexibility index (Phi) is 4.54. The van der Waals surface area contributed by atoms with Crippen LogP contribution >= 0.6 is 11.3 Å². The Morgan fingerprint density at radius 1 is 1.59 bits per heavy atom. The molecule has 1 saturated carbocycles. The highest BCUT2D eigenvalue weighted by atomic mass is 32.1. The third-order valence-corrected chi connectivity index (χ3v) is 4.76. The number of thiazole rings is 1. The molecule has 96 valence electrons. The van der Waals surface area contributed by atoms with E-state index in [0.717, 1.165) is 25.1 Å². The summed E-state index contributed by atoms with van der Waals surface area (Å²) >= 11 is 1.72. The van der Waals surface area contributed by atoms with E-state index in [4.69, 9.17) is 0 Å². The largest absolute Gasteiger partial charge is 0.393 e. The number of nitrogens with zero attached hydrogens (tertiary/aromatic N) is 1. The second kappa shape index (κ2) is 5.94. The minimum atomic E-state index is -0.0732. The third kappa shape index (κ3) is 3.50. The van der Waals surface area contributed by atoms with Crippen molar-refractivity contribution in [3.63, 3.8) is 0 Å². The van der Waals surface area contributed by atoms with E-state index in [1.807, 2.05) is 5.51 Å². The molecule has 1 aromatic heterocycles. The van der Waals surface area contributed by atoms with E-state index < -0.39 is 0 Å². The maximum atomic E-state index is 9.64. The molecular formula is C13H22N2OS. The van der Waals surface area contributed by atoms with Gasteiger partial charge in [0.15, 0.2) is 0 Å². The molecule has 1 aliphatic carbocycles. The fraction of sp³-hybridized carbons (Fsp3) is 0.769. The smallest absolute Gasteiger partial charge is 0.0798 e. The van der Waals surface area contributed by atoms with Gasteiger partial charge in [-0.3, -0.25) is 0 Å². The van der Waals surface area contributed by atoms with Gasteiger partial charge in [-0.1, -0.05) is 6.42 Å². The summed E-state index contributed by atoms with van der Waals surface area (Å²) in [6, 6.07) is 0.376. The zero-order chi connectivity index (χ0) is 12.3. The fourth-order valence-corrected chi connectivity index (χ4v) is 3.45. The Morgan fingerprint density at radius 3 is 3.06 bits per heavy atom. The highest BCUT2D eigenvalue weighted by Crippen LogP contribution is 2.25. The molecule has 17 heavy (non-hydrogen) atoms. The first-order valence-corrected chi connectivity index (χ1v) is 7.36. The van der Waals surface area contributed by atoms with Crippen molar-refractivity contribution in [2.24, 2.45) is 5.92 Å². The van der Waals surface area contributed by atoms with E-state index in [0.29, 0.717) is 12.0 Å². The number of hydrogen-bond donors (Lipinski definition) is 2. The Hall–Kier alpha value is -0.450. The van der Waals surface area contributed by atoms with Crippen molar-refractivity contribution in [2.75, 3.05) is 6.54 Å². The van der Waals surface area contributed by atoms with Crippen molar-refractivity contribution < 1.29 is 5.11 Å². The van der Waals surface area contributed by atoms with Gasteiger partial charge in [0, 0.05) is 10.9 Å². The molecule has 0 spiro atoms. The summed E-state index contributed by atoms with van der Waals surface area (Å²) in [4.78, 5) is 5.62. The van der Waals surface area contributed by atoms with Gasteiger partial charge in [0.05, 0.1) is 17.3 Å². The van der Waals surface area contributed by atoms with Gasteiger partial charge in [-0.2, -0.15) is 0 Å². The van der Waals surface area contributed by atoms with Crippen LogP contribution < -0.4 is 5.32 Å². The second-order valence-corrected chi connectivity index (χ2v) is 6.00. The van der Waals surface area contributed by atoms with Crippen LogP contribution in [0.2, 0.25) is 0 Å². The topological polar surface area (TPSA) is 45.2 Å². The van der Waals surface area contributed by atoms with Crippen LogP contribution in [0.15, 0.2) is 5.51 Å². The summed E-state index contributed by atoms with van der Waals surface area (Å²) in [5.74, 6) is 0.634. The van der Waals surface area contributed by atoms with Crippen LogP contribution in [-0.4, -0.2) is 22.7 Å². The maximum Gasteiger partial charge on any atom is 0.0798 e. The highest BCUT2D eigenvalue weighted by Gasteiger charge is 2.21. The van der Waals surface area contributed by atoms with Crippen molar-refractivity contribution in [2.45, 2.75) is 51.7 Å². The number of aliphatic hydroxyl groups excluding tert-OH is 1. The van der Waals surface area contributed by atoms with Gasteiger partial charge in [-0.05, 0) is 45.6 Å². The Labute approximate surface area is 107 Å². The molecular weight excluding hydrogens is 232 g/mol. The van der Waals surface area contributed by atoms with Gasteiger partial charge in [0.1, 0.15) is 0 Å². The molecule has 1 heterocycles. The lowest BCUT2D eigenvalue weighted by atomic mass is 9.87. The second-order valence-electron chi connectivity index (χ2n) is 5.12. The van der Waals surface area contributed by atoms with Crippen LogP contribution in [0.3, 0.4) is 0 Å². The highest BCUT2D eigenvalue weighted by molar-refractivity contribution is 7.09. The molecule has 2 rings (SSSR count). The van der Waals surface area contributed by atoms with Crippen LogP contribution in [0.5, 0.6) is 0 Å². The zero-order valence-electron chi connectivity index (χ0n) is 10.6. The van der Waals surface area contributed by atoms with Gasteiger partial charge in [-0.15, -0.1) is 11.3 Å². The lowest BCUT2D eigenvalue weighted by Gasteiger charge is -2.27. The maximum absolute atomic E-state index is 9.64. The molecule has 2 N–H and O–H groups in total. The van der Waals surface area contributed by atoms with Gasteiger partial charge in [-0.25, -0.2) is 4.98 Å². The molecule has 3 unspecified atom stereocenters. The van der Waals surface area contributed by atoms with E-state index in [1.54, 1.807) is 11.3 Å². The first-order chi connectivity index (χ1) is 8.16. The van der Waals surface area contributed by atoms with Crippen LogP contribution in [-0.2, 0) is 0 Å². The first-order valence-electron chi connectivity index (χ1n) is 6.48. The summed E-state index contributed by atoms with van der Waals surface area (Å²) in [6.07, 6.45) is 4.29. The normalized spacial score (nSPS) is 27.0. The molecule has 4 heteroatoms. The SMILES string of the molecule is Cc1ncsc1C(C)NCC1CCCC(O)C1. The van der Waals surface area contributed by atoms with Crippen molar-refractivity contribution in [3.05, 3.63) is 16.1 Å². The summed E-state index contributed by atoms with van der Waals surface area (Å²) in [6.45, 7) is 5.27. The van der Waals surface area contributed by atoms with Crippen molar-refractivity contribution >= 4 is 11.3 Å². The summed E-state index contributed by atoms with van der Waals surface area (Å²) in [5, 5.41) is 13.2. The molecule has 0 amide bonds. The molecule has 3 atom stereocenters. The predicted octanol–water partition coefficient (Wildman–Crippen LogP) is 2.65. The zero-order valence-corrected chi connectivity index (χ0v) is 11.5. The van der Waals surface area contributed by atoms with Gasteiger partial charge >= 0.3 is 0 Å². The molecule has 0 saturated heterocycles. The van der Waals surface area contributed by atoms with Crippen molar-refractivity contribution in [1.29, 1.82) is 0 Å². The minimum Gasteiger partial charge on any atom is -0.393 e. The number of nitrogens with one attached hydrogen (secondary N) is 1. The number of aromatic nitrogens is 1. The lowest BCUT2D eigenvalue weighted by Crippen LogP contribution is -2.30. The Morgan fingerprint density at radius 2 is 2.41 bits per heavy atom. The van der Waals surface area contributed by atoms with E-state index in [9.17, 15) is 5.11 Å². The summed E-state index contributed by atoms with van der Waals surface area (Å²) < 4.78 is 0. The number of rotatable bonds is 4. The molecule has 1 aromatic rings. The van der Waals surface area contributed by atoms with Crippen molar-refractivity contribution in [3.8, 4) is 0 Å². The fourth-order valence-electron chi connectivity index (χ4n) is 2.61. The Bertz CT molecular complexity index is 353. The molecule has 3 nitrogen and oxygen atoms in total. The third-order valence-electron chi connectivity index (χ3n) is 3.64. The molecule has 0 aromatic carbocycles. The average Bonchev–Trinajstić information content (AvgIpc) is 2.72. The quantitative estimate of drug-likeness (QED) is 0.868. The monoisotopic (exact) mass is 254 g/mol. The Balaban J connectivity index is 1.80. The van der Waals surface area contributed by atoms with Crippen LogP contribution in [0.4, 0.5) is 0 Å². The van der Waals surface area contributed by atoms with Gasteiger partial charge in [0.25, 0.3) is 0 Å². The van der Waals surface area contributed by atoms with Gasteiger partial charge in [0.2, 0.25) is 0 Å². The lowest BCUT2D eigenvalue weighted by molar-refractivity contribution is 0.0998. The molecule has 1 fully saturated rings. The first kappa shape index (κ1) is 13.0. The van der Waals surface area contributed by atoms with E-state index in [2.05, 4.69) is 24.1 Å². The van der Waals surface area contributed by atoms with Crippen LogP contribution in [0, 0.1) is 12.8 Å². The van der Waals surface area contributed by atoms with E-state index >= 15 is 0 Å². The minimum absolute atomic E-state index is 0.0732. The number of hydrogen-bond acceptors (Lipinski definition) is 4. The van der Waals surface area contributed by atoms with E-state index in [1.165, 1.54) is 17.7 Å². The number of aliphatic hydroxyl groups is 1. The molecule has 1 aliphatic rings. The summed E-state index contributed by atoms with van der Waals surface area (Å²) in [7, 11) is 0. The average molecular weight is 254 g/mol. The predicted molar refractivity (Wildman–Crippen MR) is 71.2 cm³/mol. The van der Waals surface area contributed by atoms with Gasteiger partial charge < -0.3 is 10.4 Å². The number of aryl methyl sites for hydroxylation is 1. The van der Waals surface area contributed by atoms with Crippen molar-refractivity contribution in [1.82, 2.24) is 10.3 Å². The van der Waals surface area contributed by atoms with Crippen LogP contribution in [0.1, 0.15) is 49.2 Å². The van der Waals surface area contributed by atoms with E-state index in [-0.39, 0.29) is 6.10 Å². The molecule has 0 aliphatic heterocycles. The molecule has 0 bridgehead atoms. The molecule has 0 radical (unpaired) electrons. The standard InChI is InChI=1S/C13H22N2OS/c1-9(13-10(2)15-8-17-13)14-7-11-4-3-5-12(16)6-11/h8-9,11-12,14,16H,3-7H2,1-2H3. The summed E-state index contributed by atoms with van der Waals surface area (Å²) in [5.41, 5.74) is 3.05. The van der Waals surface area contributed by atoms with Crippen LogP contribution in [0.25, 0.3) is 0 Å².